The van der Waals surface area contributed by atoms with E-state index in [0.717, 1.165) is 24.3 Å². The summed E-state index contributed by atoms with van der Waals surface area (Å²) in [7, 11) is 1.47. The Hall–Kier alpha value is -2.41. The molecule has 4 saturated carbocycles. The first-order valence-electron chi connectivity index (χ1n) is 11.1. The summed E-state index contributed by atoms with van der Waals surface area (Å²) in [6.45, 7) is 0.740. The van der Waals surface area contributed by atoms with E-state index in [4.69, 9.17) is 4.74 Å². The molecule has 2 N–H and O–H groups in total. The molecule has 0 radical (unpaired) electrons. The van der Waals surface area contributed by atoms with Crippen LogP contribution in [0.3, 0.4) is 0 Å². The summed E-state index contributed by atoms with van der Waals surface area (Å²) in [4.78, 5) is 29.3. The lowest BCUT2D eigenvalue weighted by Gasteiger charge is -2.49. The highest BCUT2D eigenvalue weighted by Gasteiger charge is 2.70. The Morgan fingerprint density at radius 1 is 1.23 bits per heavy atom. The summed E-state index contributed by atoms with van der Waals surface area (Å²) in [5.74, 6) is 2.82. The van der Waals surface area contributed by atoms with Crippen LogP contribution in [-0.4, -0.2) is 41.5 Å². The van der Waals surface area contributed by atoms with E-state index < -0.39 is 0 Å². The summed E-state index contributed by atoms with van der Waals surface area (Å²) in [6, 6.07) is 5.46. The van der Waals surface area contributed by atoms with Gasteiger partial charge in [0.2, 0.25) is 0 Å². The monoisotopic (exact) mass is 408 g/mol. The predicted molar refractivity (Wildman–Crippen MR) is 111 cm³/mol. The fraction of sp³-hybridized carbons (Fsp3) is 0.609. The summed E-state index contributed by atoms with van der Waals surface area (Å²) >= 11 is 0. The van der Waals surface area contributed by atoms with E-state index in [2.05, 4.69) is 15.6 Å². The number of hydrogen-bond acceptors (Lipinski definition) is 4. The van der Waals surface area contributed by atoms with Crippen molar-refractivity contribution < 1.29 is 14.3 Å². The zero-order valence-corrected chi connectivity index (χ0v) is 17.3. The summed E-state index contributed by atoms with van der Waals surface area (Å²) in [6.07, 6.45) is 9.89. The van der Waals surface area contributed by atoms with E-state index in [-0.39, 0.29) is 18.4 Å². The molecule has 0 aliphatic heterocycles. The molecule has 1 spiro atoms. The SMILES string of the molecule is COCC(=O)Nc1cn2c(C(=O)NCC34CC5CC6CC(C3)C6(C5)C4)cccc2n1. The van der Waals surface area contributed by atoms with Gasteiger partial charge in [0.1, 0.15) is 17.9 Å². The van der Waals surface area contributed by atoms with Gasteiger partial charge in [-0.05, 0) is 79.2 Å². The zero-order chi connectivity index (χ0) is 20.5. The van der Waals surface area contributed by atoms with Crippen LogP contribution in [0.4, 0.5) is 5.82 Å². The quantitative estimate of drug-likeness (QED) is 0.770. The van der Waals surface area contributed by atoms with Crippen molar-refractivity contribution in [2.24, 2.45) is 28.6 Å². The molecule has 7 heteroatoms. The van der Waals surface area contributed by atoms with E-state index in [1.807, 2.05) is 12.1 Å². The number of methoxy groups -OCH3 is 1. The average molecular weight is 409 g/mol. The number of hydrogen-bond donors (Lipinski definition) is 2. The number of anilines is 1. The second-order valence-corrected chi connectivity index (χ2v) is 10.2. The van der Waals surface area contributed by atoms with E-state index in [1.54, 1.807) is 16.7 Å². The second kappa shape index (κ2) is 6.30. The van der Waals surface area contributed by atoms with Gasteiger partial charge < -0.3 is 15.4 Å². The van der Waals surface area contributed by atoms with Gasteiger partial charge in [0.05, 0.1) is 6.20 Å². The minimum absolute atomic E-state index is 0.0341. The van der Waals surface area contributed by atoms with Crippen molar-refractivity contribution in [3.8, 4) is 0 Å². The van der Waals surface area contributed by atoms with Gasteiger partial charge in [0.15, 0.2) is 5.82 Å². The van der Waals surface area contributed by atoms with Crippen LogP contribution in [0.25, 0.3) is 5.65 Å². The number of pyridine rings is 1. The molecule has 6 rings (SSSR count). The van der Waals surface area contributed by atoms with Gasteiger partial charge in [-0.3, -0.25) is 14.0 Å². The van der Waals surface area contributed by atoms with Crippen LogP contribution in [0.1, 0.15) is 49.0 Å². The number of nitrogens with one attached hydrogen (secondary N) is 2. The Kier molecular flexibility index (Phi) is 3.85. The first-order valence-corrected chi connectivity index (χ1v) is 11.1. The van der Waals surface area contributed by atoms with Crippen LogP contribution >= 0.6 is 0 Å². The second-order valence-electron chi connectivity index (χ2n) is 10.2. The van der Waals surface area contributed by atoms with Gasteiger partial charge in [-0.1, -0.05) is 6.07 Å². The lowest BCUT2D eigenvalue weighted by Crippen LogP contribution is -2.43. The highest BCUT2D eigenvalue weighted by molar-refractivity contribution is 5.94. The topological polar surface area (TPSA) is 84.7 Å². The first-order chi connectivity index (χ1) is 14.5. The number of imidazole rings is 1. The van der Waals surface area contributed by atoms with Crippen molar-refractivity contribution in [1.29, 1.82) is 0 Å². The van der Waals surface area contributed by atoms with Crippen LogP contribution in [0, 0.1) is 28.6 Å². The van der Waals surface area contributed by atoms with Gasteiger partial charge in [0.25, 0.3) is 11.8 Å². The standard InChI is InChI=1S/C23H28N4O3/c1-30-11-20(28)26-18-10-27-17(3-2-4-19(27)25-18)21(29)24-13-22-7-14-5-15-6-16(9-22)23(15,8-14)12-22/h2-4,10,14-16H,5-9,11-13H2,1H3,(H,24,29)(H,26,28). The first kappa shape index (κ1) is 18.4. The largest absolute Gasteiger partial charge is 0.375 e. The molecular formula is C23H28N4O3. The number of carbonyl (C=O) groups excluding carboxylic acids is 2. The van der Waals surface area contributed by atoms with Crippen LogP contribution < -0.4 is 10.6 Å². The van der Waals surface area contributed by atoms with Crippen LogP contribution in [0.2, 0.25) is 0 Å². The van der Waals surface area contributed by atoms with E-state index >= 15 is 0 Å². The molecule has 4 fully saturated rings. The lowest BCUT2D eigenvalue weighted by atomic mass is 9.55. The maximum absolute atomic E-state index is 13.1. The summed E-state index contributed by atoms with van der Waals surface area (Å²) < 4.78 is 6.59. The van der Waals surface area contributed by atoms with Crippen molar-refractivity contribution >= 4 is 23.3 Å². The zero-order valence-electron chi connectivity index (χ0n) is 17.3. The number of fused-ring (bicyclic) bond motifs is 3. The van der Waals surface area contributed by atoms with Crippen molar-refractivity contribution in [3.63, 3.8) is 0 Å². The lowest BCUT2D eigenvalue weighted by molar-refractivity contribution is -0.119. The van der Waals surface area contributed by atoms with Crippen LogP contribution in [0.5, 0.6) is 0 Å². The number of rotatable bonds is 6. The minimum atomic E-state index is -0.272. The number of nitrogens with zero attached hydrogens (tertiary/aromatic N) is 2. The molecule has 158 valence electrons. The Morgan fingerprint density at radius 3 is 3.00 bits per heavy atom. The molecule has 2 amide bonds. The Morgan fingerprint density at radius 2 is 2.13 bits per heavy atom. The highest BCUT2D eigenvalue weighted by atomic mass is 16.5. The molecule has 4 aliphatic rings. The van der Waals surface area contributed by atoms with E-state index in [1.165, 1.54) is 45.6 Å². The van der Waals surface area contributed by atoms with Crippen molar-refractivity contribution in [2.75, 3.05) is 25.6 Å². The molecule has 0 aromatic carbocycles. The number of carbonyl (C=O) groups is 2. The molecule has 2 aromatic rings. The predicted octanol–water partition coefficient (Wildman–Crippen LogP) is 2.87. The van der Waals surface area contributed by atoms with Gasteiger partial charge in [-0.15, -0.1) is 0 Å². The molecule has 2 heterocycles. The molecular weight excluding hydrogens is 380 g/mol. The summed E-state index contributed by atoms with van der Waals surface area (Å²) in [5.41, 5.74) is 2.11. The summed E-state index contributed by atoms with van der Waals surface area (Å²) in [5, 5.41) is 5.96. The fourth-order valence-electron chi connectivity index (χ4n) is 7.67. The fourth-order valence-corrected chi connectivity index (χ4v) is 7.67. The highest BCUT2D eigenvalue weighted by Crippen LogP contribution is 2.78. The Balaban J connectivity index is 1.19. The third kappa shape index (κ3) is 2.57. The Labute approximate surface area is 175 Å². The maximum Gasteiger partial charge on any atom is 0.268 e. The molecule has 3 bridgehead atoms. The average Bonchev–Trinajstić information content (AvgIpc) is 3.26. The van der Waals surface area contributed by atoms with E-state index in [9.17, 15) is 9.59 Å². The molecule has 5 unspecified atom stereocenters. The third-order valence-corrected chi connectivity index (χ3v) is 8.48. The van der Waals surface area contributed by atoms with Gasteiger partial charge >= 0.3 is 0 Å². The van der Waals surface area contributed by atoms with Gasteiger partial charge in [-0.25, -0.2) is 4.98 Å². The number of aromatic nitrogens is 2. The minimum Gasteiger partial charge on any atom is -0.375 e. The molecule has 0 saturated heterocycles. The van der Waals surface area contributed by atoms with Crippen molar-refractivity contribution in [1.82, 2.24) is 14.7 Å². The smallest absolute Gasteiger partial charge is 0.268 e. The molecule has 2 aromatic heterocycles. The molecule has 7 nitrogen and oxygen atoms in total. The van der Waals surface area contributed by atoms with Crippen molar-refractivity contribution in [2.45, 2.75) is 38.5 Å². The maximum atomic E-state index is 13.1. The third-order valence-electron chi connectivity index (χ3n) is 8.48. The molecule has 4 aliphatic carbocycles. The van der Waals surface area contributed by atoms with Crippen molar-refractivity contribution in [3.05, 3.63) is 30.1 Å². The van der Waals surface area contributed by atoms with Crippen LogP contribution in [0.15, 0.2) is 24.4 Å². The molecule has 5 atom stereocenters. The van der Waals surface area contributed by atoms with E-state index in [0.29, 0.717) is 28.0 Å². The van der Waals surface area contributed by atoms with Crippen LogP contribution in [-0.2, 0) is 9.53 Å². The normalized spacial score (nSPS) is 35.3. The Bertz CT molecular complexity index is 1040. The number of amides is 2. The van der Waals surface area contributed by atoms with Gasteiger partial charge in [-0.2, -0.15) is 0 Å². The molecule has 30 heavy (non-hydrogen) atoms. The number of ether oxygens (including phenoxy) is 1. The van der Waals surface area contributed by atoms with Gasteiger partial charge in [0, 0.05) is 13.7 Å².